The van der Waals surface area contributed by atoms with Crippen LogP contribution in [-0.2, 0) is 6.42 Å². The van der Waals surface area contributed by atoms with Gasteiger partial charge in [0.1, 0.15) is 22.1 Å². The number of hydrogen-bond acceptors (Lipinski definition) is 7. The molecular formula is C38H53BrN4S3. The first-order valence-electron chi connectivity index (χ1n) is 18.3. The van der Waals surface area contributed by atoms with Crippen molar-refractivity contribution in [1.82, 2.24) is 17.5 Å². The summed E-state index contributed by atoms with van der Waals surface area (Å²) in [5, 5.41) is 2.29. The molecule has 3 aromatic heterocycles. The third-order valence-electron chi connectivity index (χ3n) is 9.71. The largest absolute Gasteiger partial charge is 0.173 e. The zero-order chi connectivity index (χ0) is 32.0. The van der Waals surface area contributed by atoms with E-state index in [1.165, 1.54) is 172 Å². The maximum absolute atomic E-state index is 4.73. The number of halogens is 1. The van der Waals surface area contributed by atoms with Gasteiger partial charge in [-0.05, 0) is 58.1 Å². The molecule has 0 saturated heterocycles. The highest BCUT2D eigenvalue weighted by molar-refractivity contribution is 9.11. The molecule has 0 fully saturated rings. The minimum Gasteiger partial charge on any atom is -0.173 e. The number of thiophene rings is 1. The number of unbranched alkanes of at least 4 members (excludes halogenated alkanes) is 16. The molecule has 0 aliphatic rings. The van der Waals surface area contributed by atoms with Crippen molar-refractivity contribution in [2.75, 3.05) is 0 Å². The molecule has 2 aromatic carbocycles. The summed E-state index contributed by atoms with van der Waals surface area (Å²) in [7, 11) is 0. The van der Waals surface area contributed by atoms with Crippen LogP contribution in [0.4, 0.5) is 0 Å². The van der Waals surface area contributed by atoms with Crippen LogP contribution in [0.3, 0.4) is 0 Å². The van der Waals surface area contributed by atoms with Crippen LogP contribution in [0.2, 0.25) is 0 Å². The zero-order valence-electron chi connectivity index (χ0n) is 28.1. The maximum Gasteiger partial charge on any atom is 0.113 e. The van der Waals surface area contributed by atoms with Crippen LogP contribution in [0, 0.1) is 5.92 Å². The van der Waals surface area contributed by atoms with Gasteiger partial charge >= 0.3 is 0 Å². The predicted molar refractivity (Wildman–Crippen MR) is 208 cm³/mol. The molecule has 0 aliphatic carbocycles. The lowest BCUT2D eigenvalue weighted by atomic mass is 9.89. The smallest absolute Gasteiger partial charge is 0.113 e. The molecule has 0 bridgehead atoms. The SMILES string of the molecule is CCCCCCCCCCCCC(CCCCCCCCCC)Cc1cc(-c2cc3nsnc3c3ccc4nsnc4c23)sc1Br. The molecule has 0 N–H and O–H groups in total. The Bertz CT molecular complexity index is 1610. The van der Waals surface area contributed by atoms with E-state index in [-0.39, 0.29) is 0 Å². The molecule has 250 valence electrons. The summed E-state index contributed by atoms with van der Waals surface area (Å²) in [6, 6.07) is 8.90. The summed E-state index contributed by atoms with van der Waals surface area (Å²) in [6.45, 7) is 4.61. The number of nitrogens with zero attached hydrogens (tertiary/aromatic N) is 4. The first-order chi connectivity index (χ1) is 22.7. The quantitative estimate of drug-likeness (QED) is 0.0626. The van der Waals surface area contributed by atoms with Gasteiger partial charge < -0.3 is 0 Å². The van der Waals surface area contributed by atoms with Crippen LogP contribution in [0.5, 0.6) is 0 Å². The van der Waals surface area contributed by atoms with E-state index in [1.54, 1.807) is 0 Å². The lowest BCUT2D eigenvalue weighted by molar-refractivity contribution is 0.400. The Morgan fingerprint density at radius 1 is 0.609 bits per heavy atom. The number of rotatable bonds is 23. The van der Waals surface area contributed by atoms with Crippen LogP contribution in [0.1, 0.15) is 148 Å². The van der Waals surface area contributed by atoms with Crippen LogP contribution in [0.25, 0.3) is 43.3 Å². The fourth-order valence-corrected chi connectivity index (χ4v) is 9.85. The molecule has 0 amide bonds. The molecule has 5 rings (SSSR count). The normalized spacial score (nSPS) is 12.7. The van der Waals surface area contributed by atoms with Crippen LogP contribution < -0.4 is 0 Å². The molecule has 0 spiro atoms. The van der Waals surface area contributed by atoms with Crippen molar-refractivity contribution in [3.05, 3.63) is 33.6 Å². The van der Waals surface area contributed by atoms with E-state index in [0.29, 0.717) is 0 Å². The van der Waals surface area contributed by atoms with Gasteiger partial charge in [0.25, 0.3) is 0 Å². The van der Waals surface area contributed by atoms with Crippen LogP contribution >= 0.6 is 50.7 Å². The van der Waals surface area contributed by atoms with E-state index in [4.69, 9.17) is 4.37 Å². The standard InChI is InChI=1S/C38H53BrN4S3/c1-3-5-7-9-11-13-14-16-18-20-22-28(21-19-17-15-12-10-8-6-4-2)25-29-26-34(44-38(29)39)31-27-33-36(42-46-41-33)30-23-24-32-37(35(30)31)43-45-40-32/h23-24,26-28H,3-22,25H2,1-2H3. The summed E-state index contributed by atoms with van der Waals surface area (Å²) >= 11 is 8.45. The molecule has 0 aliphatic heterocycles. The summed E-state index contributed by atoms with van der Waals surface area (Å²) < 4.78 is 19.8. The van der Waals surface area contributed by atoms with Crippen molar-refractivity contribution in [3.8, 4) is 10.4 Å². The third kappa shape index (κ3) is 10.0. The second-order valence-corrected chi connectivity index (χ2v) is 16.8. The van der Waals surface area contributed by atoms with Gasteiger partial charge in [-0.1, -0.05) is 142 Å². The summed E-state index contributed by atoms with van der Waals surface area (Å²) in [5.41, 5.74) is 6.54. The highest BCUT2D eigenvalue weighted by Gasteiger charge is 2.20. The van der Waals surface area contributed by atoms with Crippen molar-refractivity contribution < 1.29 is 0 Å². The fourth-order valence-electron chi connectivity index (χ4n) is 7.03. The first-order valence-corrected chi connectivity index (χ1v) is 21.3. The highest BCUT2D eigenvalue weighted by Crippen LogP contribution is 2.43. The fraction of sp³-hybridized carbons (Fsp3) is 0.632. The van der Waals surface area contributed by atoms with Gasteiger partial charge in [-0.25, -0.2) is 0 Å². The average Bonchev–Trinajstić information content (AvgIpc) is 3.82. The summed E-state index contributed by atoms with van der Waals surface area (Å²) in [5.74, 6) is 0.754. The molecule has 46 heavy (non-hydrogen) atoms. The Labute approximate surface area is 298 Å². The molecular weight excluding hydrogens is 689 g/mol. The lowest BCUT2D eigenvalue weighted by Gasteiger charge is -2.17. The highest BCUT2D eigenvalue weighted by atomic mass is 79.9. The Morgan fingerprint density at radius 2 is 1.15 bits per heavy atom. The monoisotopic (exact) mass is 740 g/mol. The molecule has 0 saturated carbocycles. The Morgan fingerprint density at radius 3 is 1.76 bits per heavy atom. The van der Waals surface area contributed by atoms with E-state index in [1.807, 2.05) is 11.3 Å². The van der Waals surface area contributed by atoms with Gasteiger partial charge in [-0.2, -0.15) is 17.5 Å². The number of fused-ring (bicyclic) bond motifs is 5. The van der Waals surface area contributed by atoms with Crippen molar-refractivity contribution in [2.45, 2.75) is 149 Å². The Hall–Kier alpha value is -1.48. The Balaban J connectivity index is 1.24. The number of aromatic nitrogens is 4. The van der Waals surface area contributed by atoms with Crippen LogP contribution in [-0.4, -0.2) is 17.5 Å². The molecule has 1 atom stereocenters. The lowest BCUT2D eigenvalue weighted by Crippen LogP contribution is -2.05. The first kappa shape index (κ1) is 35.8. The van der Waals surface area contributed by atoms with E-state index in [0.717, 1.165) is 45.2 Å². The van der Waals surface area contributed by atoms with Crippen molar-refractivity contribution in [2.24, 2.45) is 5.92 Å². The molecule has 3 heterocycles. The zero-order valence-corrected chi connectivity index (χ0v) is 32.2. The molecule has 8 heteroatoms. The van der Waals surface area contributed by atoms with E-state index in [9.17, 15) is 0 Å². The second kappa shape index (κ2) is 19.5. The minimum atomic E-state index is 0.754. The van der Waals surface area contributed by atoms with E-state index >= 15 is 0 Å². The minimum absolute atomic E-state index is 0.754. The van der Waals surface area contributed by atoms with E-state index < -0.39 is 0 Å². The Kier molecular flexibility index (Phi) is 15.2. The topological polar surface area (TPSA) is 51.6 Å². The van der Waals surface area contributed by atoms with Crippen LogP contribution in [0.15, 0.2) is 28.1 Å². The summed E-state index contributed by atoms with van der Waals surface area (Å²) in [4.78, 5) is 1.28. The second-order valence-electron chi connectivity index (χ2n) is 13.4. The maximum atomic E-state index is 4.73. The van der Waals surface area contributed by atoms with Gasteiger partial charge in [-0.3, -0.25) is 0 Å². The summed E-state index contributed by atoms with van der Waals surface area (Å²) in [6.07, 6.45) is 29.1. The van der Waals surface area contributed by atoms with Gasteiger partial charge in [0.2, 0.25) is 0 Å². The van der Waals surface area contributed by atoms with Crippen molar-refractivity contribution >= 4 is 83.6 Å². The molecule has 5 aromatic rings. The van der Waals surface area contributed by atoms with Gasteiger partial charge in [-0.15, -0.1) is 11.3 Å². The third-order valence-corrected chi connectivity index (χ3v) is 12.8. The van der Waals surface area contributed by atoms with E-state index in [2.05, 4.69) is 67.2 Å². The number of hydrogen-bond donors (Lipinski definition) is 0. The van der Waals surface area contributed by atoms with Crippen molar-refractivity contribution in [3.63, 3.8) is 0 Å². The average molecular weight is 742 g/mol. The van der Waals surface area contributed by atoms with Gasteiger partial charge in [0.15, 0.2) is 0 Å². The van der Waals surface area contributed by atoms with Gasteiger partial charge in [0, 0.05) is 21.2 Å². The van der Waals surface area contributed by atoms with Gasteiger partial charge in [0.05, 0.1) is 27.2 Å². The number of benzene rings is 2. The molecule has 0 radical (unpaired) electrons. The predicted octanol–water partition coefficient (Wildman–Crippen LogP) is 14.3. The molecule has 1 unspecified atom stereocenters. The van der Waals surface area contributed by atoms with Crippen molar-refractivity contribution in [1.29, 1.82) is 0 Å². The molecule has 4 nitrogen and oxygen atoms in total.